The first kappa shape index (κ1) is 14.2. The van der Waals surface area contributed by atoms with Gasteiger partial charge in [-0.25, -0.2) is 13.1 Å². The Bertz CT molecular complexity index is 594. The Balaban J connectivity index is 3.08. The fraction of sp³-hybridized carbons (Fsp3) is 0.308. The Morgan fingerprint density at radius 2 is 2.11 bits per heavy atom. The van der Waals surface area contributed by atoms with Crippen molar-refractivity contribution in [3.8, 4) is 18.4 Å². The summed E-state index contributed by atoms with van der Waals surface area (Å²) in [6.45, 7) is 1.85. The van der Waals surface area contributed by atoms with E-state index in [0.717, 1.165) is 0 Å². The zero-order valence-corrected chi connectivity index (χ0v) is 10.9. The van der Waals surface area contributed by atoms with Crippen LogP contribution in [0.3, 0.4) is 0 Å². The summed E-state index contributed by atoms with van der Waals surface area (Å²) in [5.74, 6) is 2.43. The smallest absolute Gasteiger partial charge is 0.207 e. The van der Waals surface area contributed by atoms with E-state index in [9.17, 15) is 8.42 Å². The van der Waals surface area contributed by atoms with Gasteiger partial charge >= 0.3 is 0 Å². The van der Waals surface area contributed by atoms with E-state index in [1.54, 1.807) is 12.1 Å². The lowest BCUT2D eigenvalue weighted by Gasteiger charge is -2.15. The molecule has 0 aliphatic rings. The monoisotopic (exact) mass is 262 g/mol. The van der Waals surface area contributed by atoms with Crippen LogP contribution < -0.4 is 4.72 Å². The SMILES string of the molecule is C#CCC(CC)NS(=O)(=O)c1ccccc1C#N. The number of sulfonamides is 1. The Kier molecular flexibility index (Phi) is 4.91. The van der Waals surface area contributed by atoms with Crippen LogP contribution in [0.4, 0.5) is 0 Å². The van der Waals surface area contributed by atoms with E-state index in [0.29, 0.717) is 12.8 Å². The standard InChI is InChI=1S/C13H14N2O2S/c1-3-7-12(4-2)15-18(16,17)13-9-6-5-8-11(13)10-14/h1,5-6,8-9,12,15H,4,7H2,2H3. The van der Waals surface area contributed by atoms with E-state index >= 15 is 0 Å². The van der Waals surface area contributed by atoms with E-state index in [1.807, 2.05) is 13.0 Å². The molecule has 0 aromatic heterocycles. The van der Waals surface area contributed by atoms with Gasteiger partial charge in [-0.2, -0.15) is 5.26 Å². The second kappa shape index (κ2) is 6.20. The highest BCUT2D eigenvalue weighted by Crippen LogP contribution is 2.15. The molecule has 4 nitrogen and oxygen atoms in total. The van der Waals surface area contributed by atoms with Gasteiger partial charge in [0.25, 0.3) is 0 Å². The highest BCUT2D eigenvalue weighted by molar-refractivity contribution is 7.89. The minimum atomic E-state index is -3.70. The fourth-order valence-corrected chi connectivity index (χ4v) is 2.96. The number of terminal acetylenes is 1. The lowest BCUT2D eigenvalue weighted by atomic mass is 10.2. The molecule has 0 bridgehead atoms. The minimum absolute atomic E-state index is 0.0111. The molecule has 0 saturated carbocycles. The molecule has 0 fully saturated rings. The number of hydrogen-bond acceptors (Lipinski definition) is 3. The first-order valence-corrected chi connectivity index (χ1v) is 6.98. The molecule has 0 saturated heterocycles. The van der Waals surface area contributed by atoms with Crippen molar-refractivity contribution in [3.05, 3.63) is 29.8 Å². The van der Waals surface area contributed by atoms with Crippen LogP contribution in [0, 0.1) is 23.7 Å². The van der Waals surface area contributed by atoms with Crippen molar-refractivity contribution in [1.29, 1.82) is 5.26 Å². The van der Waals surface area contributed by atoms with Gasteiger partial charge in [0.1, 0.15) is 6.07 Å². The van der Waals surface area contributed by atoms with Crippen LogP contribution >= 0.6 is 0 Å². The molecule has 5 heteroatoms. The van der Waals surface area contributed by atoms with Crippen LogP contribution in [0.15, 0.2) is 29.2 Å². The van der Waals surface area contributed by atoms with Gasteiger partial charge in [0.05, 0.1) is 10.5 Å². The van der Waals surface area contributed by atoms with Crippen LogP contribution in [0.2, 0.25) is 0 Å². The van der Waals surface area contributed by atoms with Gasteiger partial charge in [0.15, 0.2) is 0 Å². The van der Waals surface area contributed by atoms with E-state index in [4.69, 9.17) is 11.7 Å². The Hall–Kier alpha value is -1.82. The van der Waals surface area contributed by atoms with Gasteiger partial charge in [-0.15, -0.1) is 12.3 Å². The third kappa shape index (κ3) is 3.33. The summed E-state index contributed by atoms with van der Waals surface area (Å²) in [7, 11) is -3.70. The molecule has 0 aliphatic heterocycles. The van der Waals surface area contributed by atoms with Crippen molar-refractivity contribution in [2.75, 3.05) is 0 Å². The van der Waals surface area contributed by atoms with Crippen LogP contribution in [0.25, 0.3) is 0 Å². The third-order valence-electron chi connectivity index (χ3n) is 2.48. The summed E-state index contributed by atoms with van der Waals surface area (Å²) in [4.78, 5) is -0.0111. The molecule has 1 atom stereocenters. The van der Waals surface area contributed by atoms with Crippen LogP contribution in [0.5, 0.6) is 0 Å². The molecular formula is C13H14N2O2S. The molecule has 1 rings (SSSR count). The number of nitriles is 1. The minimum Gasteiger partial charge on any atom is -0.207 e. The first-order valence-electron chi connectivity index (χ1n) is 5.50. The van der Waals surface area contributed by atoms with Gasteiger partial charge in [-0.05, 0) is 18.6 Å². The third-order valence-corrected chi connectivity index (χ3v) is 4.05. The van der Waals surface area contributed by atoms with Crippen molar-refractivity contribution >= 4 is 10.0 Å². The highest BCUT2D eigenvalue weighted by atomic mass is 32.2. The van der Waals surface area contributed by atoms with E-state index in [2.05, 4.69) is 10.6 Å². The second-order valence-electron chi connectivity index (χ2n) is 3.74. The highest BCUT2D eigenvalue weighted by Gasteiger charge is 2.21. The van der Waals surface area contributed by atoms with Crippen LogP contribution in [-0.4, -0.2) is 14.5 Å². The van der Waals surface area contributed by atoms with Crippen LogP contribution in [-0.2, 0) is 10.0 Å². The summed E-state index contributed by atoms with van der Waals surface area (Å²) >= 11 is 0. The number of benzene rings is 1. The first-order chi connectivity index (χ1) is 8.55. The zero-order chi connectivity index (χ0) is 13.6. The van der Waals surface area contributed by atoms with Gasteiger partial charge in [-0.1, -0.05) is 19.1 Å². The van der Waals surface area contributed by atoms with E-state index < -0.39 is 10.0 Å². The predicted molar refractivity (Wildman–Crippen MR) is 69.0 cm³/mol. The molecule has 1 aromatic rings. The van der Waals surface area contributed by atoms with Crippen molar-refractivity contribution in [2.45, 2.75) is 30.7 Å². The molecule has 0 spiro atoms. The summed E-state index contributed by atoms with van der Waals surface area (Å²) in [5.41, 5.74) is 0.126. The van der Waals surface area contributed by atoms with Gasteiger partial charge in [-0.3, -0.25) is 0 Å². The van der Waals surface area contributed by atoms with Crippen LogP contribution in [0.1, 0.15) is 25.3 Å². The number of hydrogen-bond donors (Lipinski definition) is 1. The maximum Gasteiger partial charge on any atom is 0.242 e. The van der Waals surface area contributed by atoms with E-state index in [1.165, 1.54) is 12.1 Å². The predicted octanol–water partition coefficient (Wildman–Crippen LogP) is 1.64. The number of nitrogens with zero attached hydrogens (tertiary/aromatic N) is 1. The molecule has 0 heterocycles. The van der Waals surface area contributed by atoms with Gasteiger partial charge in [0, 0.05) is 12.5 Å². The Labute approximate surface area is 108 Å². The summed E-state index contributed by atoms with van der Waals surface area (Å²) in [6.07, 6.45) is 6.10. The molecule has 1 aromatic carbocycles. The van der Waals surface area contributed by atoms with Gasteiger partial charge < -0.3 is 0 Å². The molecule has 1 N–H and O–H groups in total. The topological polar surface area (TPSA) is 70.0 Å². The summed E-state index contributed by atoms with van der Waals surface area (Å²) < 4.78 is 26.8. The maximum atomic E-state index is 12.1. The van der Waals surface area contributed by atoms with Crippen molar-refractivity contribution in [1.82, 2.24) is 4.72 Å². The lowest BCUT2D eigenvalue weighted by Crippen LogP contribution is -2.34. The van der Waals surface area contributed by atoms with Crippen molar-refractivity contribution in [3.63, 3.8) is 0 Å². The zero-order valence-electron chi connectivity index (χ0n) is 10.1. The largest absolute Gasteiger partial charge is 0.242 e. The summed E-state index contributed by atoms with van der Waals surface area (Å²) in [6, 6.07) is 7.63. The molecular weight excluding hydrogens is 248 g/mol. The maximum absolute atomic E-state index is 12.1. The second-order valence-corrected chi connectivity index (χ2v) is 5.43. The molecule has 94 valence electrons. The van der Waals surface area contributed by atoms with Gasteiger partial charge in [0.2, 0.25) is 10.0 Å². The summed E-state index contributed by atoms with van der Waals surface area (Å²) in [5, 5.41) is 8.90. The molecule has 18 heavy (non-hydrogen) atoms. The molecule has 1 unspecified atom stereocenters. The lowest BCUT2D eigenvalue weighted by molar-refractivity contribution is 0.544. The van der Waals surface area contributed by atoms with E-state index in [-0.39, 0.29) is 16.5 Å². The quantitative estimate of drug-likeness (QED) is 0.820. The van der Waals surface area contributed by atoms with Crippen molar-refractivity contribution < 1.29 is 8.42 Å². The Morgan fingerprint density at radius 1 is 1.44 bits per heavy atom. The number of nitrogens with one attached hydrogen (secondary N) is 1. The average Bonchev–Trinajstić information content (AvgIpc) is 2.38. The molecule has 0 amide bonds. The molecule has 0 aliphatic carbocycles. The molecule has 0 radical (unpaired) electrons. The number of rotatable bonds is 5. The van der Waals surface area contributed by atoms with Crippen molar-refractivity contribution in [2.24, 2.45) is 0 Å². The normalized spacial score (nSPS) is 12.4. The Morgan fingerprint density at radius 3 is 2.67 bits per heavy atom. The fourth-order valence-electron chi connectivity index (χ4n) is 1.49. The average molecular weight is 262 g/mol.